The lowest BCUT2D eigenvalue weighted by molar-refractivity contribution is 0.674. The molecule has 2 N–H and O–H groups in total. The summed E-state index contributed by atoms with van der Waals surface area (Å²) in [6.07, 6.45) is 0. The first-order valence-electron chi connectivity index (χ1n) is 8.01. The highest BCUT2D eigenvalue weighted by Gasteiger charge is 2.14. The molecule has 1 heterocycles. The van der Waals surface area contributed by atoms with E-state index < -0.39 is 0 Å². The number of anilines is 1. The monoisotopic (exact) mass is 309 g/mol. The molecule has 0 spiro atoms. The van der Waals surface area contributed by atoms with E-state index in [9.17, 15) is 0 Å². The largest absolute Gasteiger partial charge is 0.455 e. The van der Waals surface area contributed by atoms with Crippen LogP contribution in [0.5, 0.6) is 0 Å². The number of nitrogens with two attached hydrogens (primary N) is 1. The molecule has 0 radical (unpaired) electrons. The van der Waals surface area contributed by atoms with E-state index in [0.717, 1.165) is 44.1 Å². The van der Waals surface area contributed by atoms with Gasteiger partial charge in [0.15, 0.2) is 0 Å². The minimum absolute atomic E-state index is 0.760. The van der Waals surface area contributed by atoms with Crippen LogP contribution < -0.4 is 5.73 Å². The number of hydrogen-bond donors (Lipinski definition) is 1. The number of rotatable bonds is 1. The van der Waals surface area contributed by atoms with Gasteiger partial charge in [-0.15, -0.1) is 0 Å². The highest BCUT2D eigenvalue weighted by molar-refractivity contribution is 6.17. The quantitative estimate of drug-likeness (QED) is 0.386. The fourth-order valence-electron chi connectivity index (χ4n) is 3.48. The van der Waals surface area contributed by atoms with Gasteiger partial charge in [-0.3, -0.25) is 0 Å². The summed E-state index contributed by atoms with van der Waals surface area (Å²) in [7, 11) is 0. The lowest BCUT2D eigenvalue weighted by atomic mass is 10.0. The van der Waals surface area contributed by atoms with Gasteiger partial charge in [0.25, 0.3) is 0 Å². The lowest BCUT2D eigenvalue weighted by Gasteiger charge is -2.05. The van der Waals surface area contributed by atoms with E-state index in [1.54, 1.807) is 0 Å². The molecule has 0 aliphatic rings. The molecule has 0 aliphatic carbocycles. The molecule has 5 aromatic rings. The minimum Gasteiger partial charge on any atom is -0.455 e. The molecule has 5 rings (SSSR count). The van der Waals surface area contributed by atoms with Crippen molar-refractivity contribution in [3.63, 3.8) is 0 Å². The van der Waals surface area contributed by atoms with E-state index >= 15 is 0 Å². The van der Waals surface area contributed by atoms with E-state index in [1.165, 1.54) is 5.39 Å². The Morgan fingerprint density at radius 1 is 0.542 bits per heavy atom. The van der Waals surface area contributed by atoms with Gasteiger partial charge in [0.1, 0.15) is 11.2 Å². The summed E-state index contributed by atoms with van der Waals surface area (Å²) in [6.45, 7) is 0. The number of benzene rings is 4. The number of nitrogen functional groups attached to an aromatic ring is 1. The molecule has 0 bridgehead atoms. The maximum Gasteiger partial charge on any atom is 0.143 e. The molecule has 114 valence electrons. The molecule has 0 amide bonds. The molecule has 1 aromatic heterocycles. The van der Waals surface area contributed by atoms with Crippen LogP contribution in [0.25, 0.3) is 43.8 Å². The average molecular weight is 309 g/mol. The Balaban J connectivity index is 1.94. The van der Waals surface area contributed by atoms with E-state index in [-0.39, 0.29) is 0 Å². The van der Waals surface area contributed by atoms with Crippen molar-refractivity contribution >= 4 is 38.4 Å². The second kappa shape index (κ2) is 4.87. The summed E-state index contributed by atoms with van der Waals surface area (Å²) in [4.78, 5) is 0. The molecule has 4 aromatic carbocycles. The maximum absolute atomic E-state index is 6.35. The molecule has 0 aliphatic heterocycles. The highest BCUT2D eigenvalue weighted by Crippen LogP contribution is 2.39. The van der Waals surface area contributed by atoms with Crippen molar-refractivity contribution in [2.24, 2.45) is 0 Å². The van der Waals surface area contributed by atoms with Gasteiger partial charge < -0.3 is 10.2 Å². The normalized spacial score (nSPS) is 11.5. The van der Waals surface area contributed by atoms with Crippen molar-refractivity contribution in [2.45, 2.75) is 0 Å². The van der Waals surface area contributed by atoms with Gasteiger partial charge in [0, 0.05) is 33.0 Å². The lowest BCUT2D eigenvalue weighted by Crippen LogP contribution is -1.89. The van der Waals surface area contributed by atoms with E-state index in [2.05, 4.69) is 42.5 Å². The number of hydrogen-bond acceptors (Lipinski definition) is 2. The van der Waals surface area contributed by atoms with Gasteiger partial charge in [-0.05, 0) is 17.5 Å². The Morgan fingerprint density at radius 3 is 2.17 bits per heavy atom. The van der Waals surface area contributed by atoms with Crippen LogP contribution in [0.1, 0.15) is 0 Å². The Kier molecular flexibility index (Phi) is 2.68. The summed E-state index contributed by atoms with van der Waals surface area (Å²) in [6, 6.07) is 26.8. The van der Waals surface area contributed by atoms with Gasteiger partial charge in [-0.2, -0.15) is 0 Å². The van der Waals surface area contributed by atoms with Crippen molar-refractivity contribution in [1.82, 2.24) is 0 Å². The molecule has 2 nitrogen and oxygen atoms in total. The molecule has 0 fully saturated rings. The first-order valence-corrected chi connectivity index (χ1v) is 8.01. The summed E-state index contributed by atoms with van der Waals surface area (Å²) in [5.74, 6) is 0. The van der Waals surface area contributed by atoms with Gasteiger partial charge in [0.05, 0.1) is 0 Å². The SMILES string of the molecule is Nc1ccccc1-c1cccc2c1oc1c3ccccc3ccc21. The average Bonchev–Trinajstić information content (AvgIpc) is 3.01. The van der Waals surface area contributed by atoms with Crippen molar-refractivity contribution in [1.29, 1.82) is 0 Å². The van der Waals surface area contributed by atoms with Crippen molar-refractivity contribution in [3.05, 3.63) is 78.9 Å². The third kappa shape index (κ3) is 1.77. The van der Waals surface area contributed by atoms with E-state index in [1.807, 2.05) is 36.4 Å². The Morgan fingerprint density at radius 2 is 1.25 bits per heavy atom. The predicted octanol–water partition coefficient (Wildman–Crippen LogP) is 5.99. The molecule has 24 heavy (non-hydrogen) atoms. The van der Waals surface area contributed by atoms with Crippen molar-refractivity contribution in [3.8, 4) is 11.1 Å². The predicted molar refractivity (Wildman–Crippen MR) is 101 cm³/mol. The zero-order valence-corrected chi connectivity index (χ0v) is 13.0. The molecule has 0 saturated heterocycles. The van der Waals surface area contributed by atoms with Gasteiger partial charge in [0.2, 0.25) is 0 Å². The minimum atomic E-state index is 0.760. The third-order valence-corrected chi connectivity index (χ3v) is 4.64. The van der Waals surface area contributed by atoms with Crippen LogP contribution in [0.15, 0.2) is 83.3 Å². The molecule has 2 heteroatoms. The first kappa shape index (κ1) is 13.2. The fraction of sp³-hybridized carbons (Fsp3) is 0. The number of para-hydroxylation sites is 2. The molecule has 0 saturated carbocycles. The number of furan rings is 1. The van der Waals surface area contributed by atoms with Crippen LogP contribution in [0, 0.1) is 0 Å². The summed E-state index contributed by atoms with van der Waals surface area (Å²) in [5.41, 5.74) is 10.8. The van der Waals surface area contributed by atoms with Crippen LogP contribution in [0.4, 0.5) is 5.69 Å². The van der Waals surface area contributed by atoms with Gasteiger partial charge >= 0.3 is 0 Å². The first-order chi connectivity index (χ1) is 11.8. The van der Waals surface area contributed by atoms with Crippen LogP contribution in [-0.2, 0) is 0 Å². The highest BCUT2D eigenvalue weighted by atomic mass is 16.3. The fourth-order valence-corrected chi connectivity index (χ4v) is 3.48. The van der Waals surface area contributed by atoms with Gasteiger partial charge in [-0.1, -0.05) is 66.7 Å². The van der Waals surface area contributed by atoms with Gasteiger partial charge in [-0.25, -0.2) is 0 Å². The third-order valence-electron chi connectivity index (χ3n) is 4.64. The summed E-state index contributed by atoms with van der Waals surface area (Å²) in [5, 5.41) is 4.58. The molecular formula is C22H15NO. The molecule has 0 atom stereocenters. The number of fused-ring (bicyclic) bond motifs is 5. The summed E-state index contributed by atoms with van der Waals surface area (Å²) >= 11 is 0. The molecule has 0 unspecified atom stereocenters. The Hall–Kier alpha value is -3.26. The van der Waals surface area contributed by atoms with Crippen molar-refractivity contribution in [2.75, 3.05) is 5.73 Å². The zero-order valence-electron chi connectivity index (χ0n) is 13.0. The molecular weight excluding hydrogens is 294 g/mol. The van der Waals surface area contributed by atoms with Crippen molar-refractivity contribution < 1.29 is 4.42 Å². The van der Waals surface area contributed by atoms with Crippen LogP contribution in [0.3, 0.4) is 0 Å². The zero-order chi connectivity index (χ0) is 16.1. The Bertz CT molecular complexity index is 1220. The van der Waals surface area contributed by atoms with E-state index in [0.29, 0.717) is 0 Å². The maximum atomic E-state index is 6.35. The standard InChI is InChI=1S/C22H15NO/c23-20-11-4-3-8-16(20)17-9-5-10-18-19-13-12-14-6-1-2-7-15(14)21(19)24-22(17)18/h1-13H,23H2. The summed E-state index contributed by atoms with van der Waals surface area (Å²) < 4.78 is 6.35. The Labute approximate surface area is 139 Å². The van der Waals surface area contributed by atoms with Crippen LogP contribution >= 0.6 is 0 Å². The topological polar surface area (TPSA) is 39.2 Å². The van der Waals surface area contributed by atoms with Crippen LogP contribution in [0.2, 0.25) is 0 Å². The smallest absolute Gasteiger partial charge is 0.143 e. The second-order valence-corrected chi connectivity index (χ2v) is 6.03. The second-order valence-electron chi connectivity index (χ2n) is 6.03. The van der Waals surface area contributed by atoms with E-state index in [4.69, 9.17) is 10.2 Å². The van der Waals surface area contributed by atoms with Crippen LogP contribution in [-0.4, -0.2) is 0 Å².